The number of hydroxylamine groups is 2. The van der Waals surface area contributed by atoms with Gasteiger partial charge in [0.05, 0.1) is 17.7 Å². The highest BCUT2D eigenvalue weighted by molar-refractivity contribution is 6.31. The van der Waals surface area contributed by atoms with Crippen LogP contribution in [0.2, 0.25) is 5.02 Å². The molecule has 3 rings (SSSR count). The monoisotopic (exact) mass is 344 g/mol. The molecule has 2 aromatic rings. The number of amides is 2. The van der Waals surface area contributed by atoms with Crippen LogP contribution in [0, 0.1) is 6.92 Å². The summed E-state index contributed by atoms with van der Waals surface area (Å²) in [6.45, 7) is 2.00. The van der Waals surface area contributed by atoms with Gasteiger partial charge in [-0.25, -0.2) is 0 Å². The van der Waals surface area contributed by atoms with Gasteiger partial charge in [-0.15, -0.1) is 5.06 Å². The normalized spacial score (nSPS) is 14.9. The largest absolute Gasteiger partial charge is 0.325 e. The van der Waals surface area contributed by atoms with Crippen molar-refractivity contribution in [3.63, 3.8) is 0 Å². The summed E-state index contributed by atoms with van der Waals surface area (Å²) in [5.74, 6) is -0.924. The number of benzene rings is 2. The van der Waals surface area contributed by atoms with Crippen molar-refractivity contribution in [2.75, 3.05) is 6.61 Å². The zero-order valence-electron chi connectivity index (χ0n) is 13.2. The van der Waals surface area contributed by atoms with Crippen LogP contribution in [0.15, 0.2) is 42.5 Å². The topological polar surface area (TPSA) is 72.6 Å². The average Bonchev–Trinajstić information content (AvgIpc) is 2.80. The van der Waals surface area contributed by atoms with E-state index in [2.05, 4.69) is 0 Å². The summed E-state index contributed by atoms with van der Waals surface area (Å²) in [6, 6.07) is 12.0. The number of rotatable bonds is 5. The number of halogens is 1. The van der Waals surface area contributed by atoms with E-state index in [1.54, 1.807) is 24.3 Å². The molecule has 6 heteroatoms. The Morgan fingerprint density at radius 3 is 2.33 bits per heavy atom. The van der Waals surface area contributed by atoms with Crippen LogP contribution in [-0.4, -0.2) is 29.5 Å². The van der Waals surface area contributed by atoms with Gasteiger partial charge in [-0.05, 0) is 42.7 Å². The van der Waals surface area contributed by atoms with E-state index in [0.29, 0.717) is 22.6 Å². The number of hydrogen-bond donors (Lipinski definition) is 1. The van der Waals surface area contributed by atoms with Crippen molar-refractivity contribution < 1.29 is 14.4 Å². The van der Waals surface area contributed by atoms with Crippen molar-refractivity contribution in [2.45, 2.75) is 19.4 Å². The van der Waals surface area contributed by atoms with Crippen LogP contribution < -0.4 is 5.73 Å². The van der Waals surface area contributed by atoms with Gasteiger partial charge < -0.3 is 5.73 Å². The smallest absolute Gasteiger partial charge is 0.285 e. The molecule has 0 saturated heterocycles. The number of hydrogen-bond acceptors (Lipinski definition) is 4. The van der Waals surface area contributed by atoms with Crippen LogP contribution in [0.4, 0.5) is 0 Å². The maximum absolute atomic E-state index is 12.2. The molecular weight excluding hydrogens is 328 g/mol. The van der Waals surface area contributed by atoms with E-state index in [0.717, 1.165) is 16.2 Å². The minimum absolute atomic E-state index is 0.0374. The second-order valence-corrected chi connectivity index (χ2v) is 6.21. The van der Waals surface area contributed by atoms with Gasteiger partial charge in [-0.1, -0.05) is 35.9 Å². The third kappa shape index (κ3) is 3.19. The van der Waals surface area contributed by atoms with Gasteiger partial charge in [0.25, 0.3) is 11.8 Å². The maximum Gasteiger partial charge on any atom is 0.285 e. The fourth-order valence-electron chi connectivity index (χ4n) is 2.61. The molecule has 0 fully saturated rings. The summed E-state index contributed by atoms with van der Waals surface area (Å²) < 4.78 is 0. The molecule has 0 bridgehead atoms. The fourth-order valence-corrected chi connectivity index (χ4v) is 2.93. The zero-order valence-corrected chi connectivity index (χ0v) is 13.9. The maximum atomic E-state index is 12.2. The number of carbonyl (C=O) groups excluding carboxylic acids is 2. The van der Waals surface area contributed by atoms with Gasteiger partial charge in [0.1, 0.15) is 0 Å². The lowest BCUT2D eigenvalue weighted by atomic mass is 10.1. The van der Waals surface area contributed by atoms with Gasteiger partial charge in [0.2, 0.25) is 0 Å². The molecule has 1 heterocycles. The van der Waals surface area contributed by atoms with E-state index in [9.17, 15) is 9.59 Å². The summed E-state index contributed by atoms with van der Waals surface area (Å²) in [7, 11) is 0. The Labute approximate surface area is 144 Å². The van der Waals surface area contributed by atoms with E-state index in [1.807, 2.05) is 25.1 Å². The highest BCUT2D eigenvalue weighted by atomic mass is 35.5. The van der Waals surface area contributed by atoms with Crippen LogP contribution in [0.1, 0.15) is 31.8 Å². The van der Waals surface area contributed by atoms with Crippen molar-refractivity contribution in [1.82, 2.24) is 5.06 Å². The quantitative estimate of drug-likeness (QED) is 0.846. The predicted octanol–water partition coefficient (Wildman–Crippen LogP) is 2.75. The van der Waals surface area contributed by atoms with Gasteiger partial charge >= 0.3 is 0 Å². The van der Waals surface area contributed by atoms with Gasteiger partial charge in [0.15, 0.2) is 0 Å². The van der Waals surface area contributed by atoms with E-state index in [-0.39, 0.29) is 6.61 Å². The van der Waals surface area contributed by atoms with Crippen molar-refractivity contribution in [2.24, 2.45) is 5.73 Å². The van der Waals surface area contributed by atoms with Crippen molar-refractivity contribution >= 4 is 23.4 Å². The lowest BCUT2D eigenvalue weighted by Gasteiger charge is -2.17. The number of nitrogens with zero attached hydrogens (tertiary/aromatic N) is 1. The summed E-state index contributed by atoms with van der Waals surface area (Å²) in [4.78, 5) is 29.7. The third-order valence-corrected chi connectivity index (χ3v) is 4.22. The first-order valence-electron chi connectivity index (χ1n) is 7.58. The lowest BCUT2D eigenvalue weighted by molar-refractivity contribution is -0.0951. The molecule has 0 aliphatic carbocycles. The second-order valence-electron chi connectivity index (χ2n) is 5.81. The molecule has 2 amide bonds. The molecule has 2 N–H and O–H groups in total. The SMILES string of the molecule is Cc1ccc(CC(N)CON2C(=O)c3ccccc3C2=O)c(Cl)c1. The second kappa shape index (κ2) is 6.73. The molecule has 0 saturated carbocycles. The molecule has 24 heavy (non-hydrogen) atoms. The summed E-state index contributed by atoms with van der Waals surface area (Å²) in [5, 5.41) is 1.42. The summed E-state index contributed by atoms with van der Waals surface area (Å²) in [5.41, 5.74) is 8.72. The Balaban J connectivity index is 1.62. The molecule has 0 radical (unpaired) electrons. The first-order chi connectivity index (χ1) is 11.5. The van der Waals surface area contributed by atoms with Crippen molar-refractivity contribution in [3.05, 3.63) is 69.7 Å². The van der Waals surface area contributed by atoms with E-state index < -0.39 is 17.9 Å². The van der Waals surface area contributed by atoms with E-state index >= 15 is 0 Å². The lowest BCUT2D eigenvalue weighted by Crippen LogP contribution is -2.37. The Morgan fingerprint density at radius 2 is 1.75 bits per heavy atom. The Hall–Kier alpha value is -2.21. The highest BCUT2D eigenvalue weighted by Crippen LogP contribution is 2.23. The predicted molar refractivity (Wildman–Crippen MR) is 90.8 cm³/mol. The minimum Gasteiger partial charge on any atom is -0.325 e. The molecule has 124 valence electrons. The van der Waals surface area contributed by atoms with E-state index in [1.165, 1.54) is 0 Å². The van der Waals surface area contributed by atoms with E-state index in [4.69, 9.17) is 22.2 Å². The number of imide groups is 1. The Kier molecular flexibility index (Phi) is 4.66. The molecule has 1 atom stereocenters. The highest BCUT2D eigenvalue weighted by Gasteiger charge is 2.36. The average molecular weight is 345 g/mol. The van der Waals surface area contributed by atoms with Gasteiger partial charge in [-0.3, -0.25) is 14.4 Å². The fraction of sp³-hybridized carbons (Fsp3) is 0.222. The molecule has 2 aromatic carbocycles. The molecule has 1 unspecified atom stereocenters. The Bertz CT molecular complexity index is 772. The van der Waals surface area contributed by atoms with Crippen molar-refractivity contribution in [1.29, 1.82) is 0 Å². The molecule has 5 nitrogen and oxygen atoms in total. The van der Waals surface area contributed by atoms with Crippen LogP contribution in [-0.2, 0) is 11.3 Å². The van der Waals surface area contributed by atoms with Crippen LogP contribution >= 0.6 is 11.6 Å². The first-order valence-corrected chi connectivity index (χ1v) is 7.96. The minimum atomic E-state index is -0.462. The number of fused-ring (bicyclic) bond motifs is 1. The molecular formula is C18H17ClN2O3. The standard InChI is InChI=1S/C18H17ClN2O3/c1-11-6-7-12(16(19)8-11)9-13(20)10-24-21-17(22)14-4-2-3-5-15(14)18(21)23/h2-8,13H,9-10,20H2,1H3. The molecule has 0 aromatic heterocycles. The van der Waals surface area contributed by atoms with Crippen molar-refractivity contribution in [3.8, 4) is 0 Å². The van der Waals surface area contributed by atoms with Crippen LogP contribution in [0.25, 0.3) is 0 Å². The van der Waals surface area contributed by atoms with Gasteiger partial charge in [0, 0.05) is 11.1 Å². The Morgan fingerprint density at radius 1 is 1.12 bits per heavy atom. The van der Waals surface area contributed by atoms with Crippen LogP contribution in [0.3, 0.4) is 0 Å². The molecule has 1 aliphatic heterocycles. The summed E-state index contributed by atoms with van der Waals surface area (Å²) in [6.07, 6.45) is 0.488. The number of carbonyl (C=O) groups is 2. The molecule has 1 aliphatic rings. The zero-order chi connectivity index (χ0) is 17.3. The third-order valence-electron chi connectivity index (χ3n) is 3.87. The first kappa shape index (κ1) is 16.6. The van der Waals surface area contributed by atoms with Gasteiger partial charge in [-0.2, -0.15) is 0 Å². The van der Waals surface area contributed by atoms with Crippen LogP contribution in [0.5, 0.6) is 0 Å². The number of aryl methyl sites for hydroxylation is 1. The molecule has 0 spiro atoms. The number of nitrogens with two attached hydrogens (primary N) is 1. The summed E-state index contributed by atoms with van der Waals surface area (Å²) >= 11 is 6.19.